The number of nitrogens with zero attached hydrogens (tertiary/aromatic N) is 4. The largest absolute Gasteiger partial charge is 0.497 e. The number of furan rings is 1. The molecule has 5 rings (SSSR count). The second-order valence-corrected chi connectivity index (χ2v) is 8.44. The van der Waals surface area contributed by atoms with Crippen molar-refractivity contribution in [2.24, 2.45) is 0 Å². The lowest BCUT2D eigenvalue weighted by atomic mass is 10.1. The van der Waals surface area contributed by atoms with E-state index in [1.165, 1.54) is 7.11 Å². The first-order valence-corrected chi connectivity index (χ1v) is 11.4. The van der Waals surface area contributed by atoms with Crippen LogP contribution in [0.5, 0.6) is 5.75 Å². The van der Waals surface area contributed by atoms with Gasteiger partial charge in [-0.15, -0.1) is 5.10 Å². The Morgan fingerprint density at radius 2 is 1.75 bits per heavy atom. The van der Waals surface area contributed by atoms with Crippen LogP contribution in [-0.4, -0.2) is 39.0 Å². The Kier molecular flexibility index (Phi) is 6.03. The van der Waals surface area contributed by atoms with Gasteiger partial charge in [0.05, 0.1) is 18.8 Å². The van der Waals surface area contributed by atoms with Crippen molar-refractivity contribution in [3.8, 4) is 17.1 Å². The number of carbonyl (C=O) groups is 2. The Labute approximate surface area is 206 Å². The van der Waals surface area contributed by atoms with Crippen molar-refractivity contribution in [2.75, 3.05) is 12.4 Å². The van der Waals surface area contributed by atoms with Crippen molar-refractivity contribution in [3.63, 3.8) is 0 Å². The number of ketones is 1. The quantitative estimate of drug-likeness (QED) is 0.320. The van der Waals surface area contributed by atoms with Crippen molar-refractivity contribution >= 4 is 28.3 Å². The van der Waals surface area contributed by atoms with Crippen LogP contribution in [-0.2, 0) is 0 Å². The molecule has 1 N–H and O–H groups in total. The van der Waals surface area contributed by atoms with Crippen molar-refractivity contribution in [2.45, 2.75) is 19.9 Å². The van der Waals surface area contributed by atoms with E-state index < -0.39 is 5.91 Å². The maximum absolute atomic E-state index is 13.4. The summed E-state index contributed by atoms with van der Waals surface area (Å²) in [5.41, 5.74) is 2.26. The van der Waals surface area contributed by atoms with Gasteiger partial charge in [-0.3, -0.25) is 9.59 Å². The number of hydrogen-bond donors (Lipinski definition) is 1. The van der Waals surface area contributed by atoms with Crippen LogP contribution in [0.1, 0.15) is 46.4 Å². The molecular formula is C27H23N5O4. The van der Waals surface area contributed by atoms with E-state index in [2.05, 4.69) is 20.8 Å². The molecule has 0 aliphatic rings. The van der Waals surface area contributed by atoms with Gasteiger partial charge in [-0.05, 0) is 60.7 Å². The standard InChI is InChI=1S/C27H23N5O4/c1-16(2)32-26(29-30-31-32)18-9-6-10-19(14-18)27(34)28-23-21-12-4-5-13-22(21)36-25(23)24(33)17-8-7-11-20(15-17)35-3/h4-16H,1-3H3,(H,28,34). The van der Waals surface area contributed by atoms with Gasteiger partial charge in [0.1, 0.15) is 11.3 Å². The molecule has 0 saturated heterocycles. The molecule has 0 bridgehead atoms. The van der Waals surface area contributed by atoms with Crippen LogP contribution in [0, 0.1) is 0 Å². The first-order valence-electron chi connectivity index (χ1n) is 11.4. The number of para-hydroxylation sites is 1. The number of rotatable bonds is 7. The molecule has 0 unspecified atom stereocenters. The van der Waals surface area contributed by atoms with Crippen LogP contribution in [0.25, 0.3) is 22.4 Å². The van der Waals surface area contributed by atoms with Gasteiger partial charge in [-0.1, -0.05) is 36.4 Å². The number of hydrogen-bond acceptors (Lipinski definition) is 7. The molecule has 5 aromatic rings. The van der Waals surface area contributed by atoms with E-state index in [0.717, 1.165) is 0 Å². The summed E-state index contributed by atoms with van der Waals surface area (Å²) in [6.07, 6.45) is 0. The number of nitrogens with one attached hydrogen (secondary N) is 1. The van der Waals surface area contributed by atoms with Gasteiger partial charge in [0, 0.05) is 22.1 Å². The van der Waals surface area contributed by atoms with E-state index in [9.17, 15) is 9.59 Å². The molecule has 0 aliphatic carbocycles. The third-order valence-electron chi connectivity index (χ3n) is 5.74. The second-order valence-electron chi connectivity index (χ2n) is 8.44. The lowest BCUT2D eigenvalue weighted by Crippen LogP contribution is -2.14. The number of benzene rings is 3. The Morgan fingerprint density at radius 3 is 2.56 bits per heavy atom. The maximum atomic E-state index is 13.4. The number of anilines is 1. The van der Waals surface area contributed by atoms with Crippen LogP contribution in [0.15, 0.2) is 77.2 Å². The van der Waals surface area contributed by atoms with Gasteiger partial charge < -0.3 is 14.5 Å². The molecular weight excluding hydrogens is 458 g/mol. The smallest absolute Gasteiger partial charge is 0.255 e. The number of methoxy groups -OCH3 is 1. The van der Waals surface area contributed by atoms with Gasteiger partial charge >= 0.3 is 0 Å². The second kappa shape index (κ2) is 9.46. The molecule has 2 aromatic heterocycles. The lowest BCUT2D eigenvalue weighted by molar-refractivity contribution is 0.101. The van der Waals surface area contributed by atoms with Crippen LogP contribution in [0.4, 0.5) is 5.69 Å². The molecule has 180 valence electrons. The minimum atomic E-state index is -0.397. The fraction of sp³-hybridized carbons (Fsp3) is 0.148. The maximum Gasteiger partial charge on any atom is 0.255 e. The Hall–Kier alpha value is -4.79. The average molecular weight is 482 g/mol. The van der Waals surface area contributed by atoms with Crippen molar-refractivity contribution in [3.05, 3.63) is 89.7 Å². The van der Waals surface area contributed by atoms with Gasteiger partial charge in [-0.25, -0.2) is 4.68 Å². The molecule has 0 radical (unpaired) electrons. The van der Waals surface area contributed by atoms with Gasteiger partial charge in [-0.2, -0.15) is 0 Å². The molecule has 3 aromatic carbocycles. The summed E-state index contributed by atoms with van der Waals surface area (Å²) in [6, 6.07) is 21.0. The van der Waals surface area contributed by atoms with Crippen molar-refractivity contribution < 1.29 is 18.7 Å². The molecule has 0 spiro atoms. The zero-order chi connectivity index (χ0) is 25.2. The zero-order valence-corrected chi connectivity index (χ0v) is 19.9. The molecule has 0 aliphatic heterocycles. The fourth-order valence-corrected chi connectivity index (χ4v) is 3.94. The van der Waals surface area contributed by atoms with E-state index in [1.54, 1.807) is 65.3 Å². The van der Waals surface area contributed by atoms with Crippen LogP contribution < -0.4 is 10.1 Å². The fourth-order valence-electron chi connectivity index (χ4n) is 3.94. The van der Waals surface area contributed by atoms with Crippen LogP contribution >= 0.6 is 0 Å². The molecule has 9 nitrogen and oxygen atoms in total. The highest BCUT2D eigenvalue weighted by molar-refractivity contribution is 6.19. The van der Waals surface area contributed by atoms with E-state index in [0.29, 0.717) is 44.9 Å². The number of fused-ring (bicyclic) bond motifs is 1. The highest BCUT2D eigenvalue weighted by Crippen LogP contribution is 2.33. The zero-order valence-electron chi connectivity index (χ0n) is 19.9. The summed E-state index contributed by atoms with van der Waals surface area (Å²) < 4.78 is 12.9. The highest BCUT2D eigenvalue weighted by atomic mass is 16.5. The summed E-state index contributed by atoms with van der Waals surface area (Å²) in [6.45, 7) is 3.95. The Morgan fingerprint density at radius 1 is 0.972 bits per heavy atom. The topological polar surface area (TPSA) is 112 Å². The van der Waals surface area contributed by atoms with Gasteiger partial charge in [0.2, 0.25) is 5.78 Å². The highest BCUT2D eigenvalue weighted by Gasteiger charge is 2.24. The third kappa shape index (κ3) is 4.22. The lowest BCUT2D eigenvalue weighted by Gasteiger charge is -2.10. The number of carbonyl (C=O) groups excluding carboxylic acids is 2. The van der Waals surface area contributed by atoms with Crippen LogP contribution in [0.2, 0.25) is 0 Å². The number of aromatic nitrogens is 4. The summed E-state index contributed by atoms with van der Waals surface area (Å²) in [5, 5.41) is 15.4. The number of amides is 1. The molecule has 36 heavy (non-hydrogen) atoms. The number of ether oxygens (including phenoxy) is 1. The SMILES string of the molecule is COc1cccc(C(=O)c2oc3ccccc3c2NC(=O)c2cccc(-c3nnnn3C(C)C)c2)c1. The third-order valence-corrected chi connectivity index (χ3v) is 5.74. The van der Waals surface area contributed by atoms with E-state index in [4.69, 9.17) is 9.15 Å². The minimum absolute atomic E-state index is 0.0395. The van der Waals surface area contributed by atoms with Crippen molar-refractivity contribution in [1.82, 2.24) is 20.2 Å². The molecule has 2 heterocycles. The van der Waals surface area contributed by atoms with Gasteiger partial charge in [0.15, 0.2) is 11.6 Å². The monoisotopic (exact) mass is 481 g/mol. The van der Waals surface area contributed by atoms with Gasteiger partial charge in [0.25, 0.3) is 5.91 Å². The van der Waals surface area contributed by atoms with Crippen LogP contribution in [0.3, 0.4) is 0 Å². The number of tetrazole rings is 1. The first kappa shape index (κ1) is 23.0. The normalized spacial score (nSPS) is 11.1. The average Bonchev–Trinajstić information content (AvgIpc) is 3.54. The summed E-state index contributed by atoms with van der Waals surface area (Å²) in [7, 11) is 1.53. The molecule has 0 fully saturated rings. The van der Waals surface area contributed by atoms with Crippen molar-refractivity contribution in [1.29, 1.82) is 0 Å². The summed E-state index contributed by atoms with van der Waals surface area (Å²) >= 11 is 0. The molecule has 0 atom stereocenters. The predicted molar refractivity (Wildman–Crippen MR) is 134 cm³/mol. The minimum Gasteiger partial charge on any atom is -0.497 e. The first-order chi connectivity index (χ1) is 17.5. The van der Waals surface area contributed by atoms with E-state index in [1.807, 2.05) is 26.0 Å². The molecule has 0 saturated carbocycles. The predicted octanol–water partition coefficient (Wildman–Crippen LogP) is 5.16. The molecule has 1 amide bonds. The van der Waals surface area contributed by atoms with E-state index >= 15 is 0 Å². The Bertz CT molecular complexity index is 1580. The molecule has 9 heteroatoms. The summed E-state index contributed by atoms with van der Waals surface area (Å²) in [5.74, 6) is 0.375. The Balaban J connectivity index is 1.52. The van der Waals surface area contributed by atoms with E-state index in [-0.39, 0.29) is 17.6 Å². The summed E-state index contributed by atoms with van der Waals surface area (Å²) in [4.78, 5) is 26.8.